The Morgan fingerprint density at radius 1 is 1.21 bits per heavy atom. The Morgan fingerprint density at radius 2 is 1.89 bits per heavy atom. The van der Waals surface area contributed by atoms with Gasteiger partial charge in [0.25, 0.3) is 0 Å². The van der Waals surface area contributed by atoms with Crippen LogP contribution in [0.1, 0.15) is 5.56 Å². The van der Waals surface area contributed by atoms with Crippen molar-refractivity contribution in [1.82, 2.24) is 0 Å². The summed E-state index contributed by atoms with van der Waals surface area (Å²) in [6.07, 6.45) is 0. The van der Waals surface area contributed by atoms with Crippen LogP contribution in [0.15, 0.2) is 36.4 Å². The second-order valence-electron chi connectivity index (χ2n) is 4.81. The van der Waals surface area contributed by atoms with Crippen molar-refractivity contribution in [3.8, 4) is 5.75 Å². The molecule has 0 aromatic heterocycles. The zero-order valence-electron chi connectivity index (χ0n) is 10.6. The number of hydrogen-bond donors (Lipinski definition) is 1. The van der Waals surface area contributed by atoms with Crippen LogP contribution in [-0.4, -0.2) is 31.4 Å². The number of benzene rings is 2. The summed E-state index contributed by atoms with van der Waals surface area (Å²) in [5.41, 5.74) is -0.0855. The van der Waals surface area contributed by atoms with Crippen LogP contribution in [-0.2, 0) is 14.9 Å². The van der Waals surface area contributed by atoms with Gasteiger partial charge in [-0.25, -0.2) is 0 Å². The lowest BCUT2D eigenvalue weighted by molar-refractivity contribution is -0.163. The van der Waals surface area contributed by atoms with Crippen LogP contribution < -0.4 is 4.74 Å². The molecule has 0 radical (unpaired) electrons. The molecule has 0 atom stereocenters. The number of fused-ring (bicyclic) bond motifs is 1. The average molecular weight is 258 g/mol. The minimum absolute atomic E-state index is 0.240. The summed E-state index contributed by atoms with van der Waals surface area (Å²) in [5, 5.41) is 11.4. The van der Waals surface area contributed by atoms with Gasteiger partial charge in [-0.2, -0.15) is 0 Å². The fourth-order valence-electron chi connectivity index (χ4n) is 2.37. The molecule has 1 fully saturated rings. The van der Waals surface area contributed by atoms with E-state index in [-0.39, 0.29) is 13.2 Å². The molecule has 1 aliphatic rings. The first-order valence-corrected chi connectivity index (χ1v) is 6.05. The molecule has 4 nitrogen and oxygen atoms in total. The largest absolute Gasteiger partial charge is 0.497 e. The maximum absolute atomic E-state index is 11.4. The molecule has 1 aliphatic heterocycles. The number of carboxylic acid groups (broad SMARTS) is 1. The van der Waals surface area contributed by atoms with Crippen LogP contribution in [0.5, 0.6) is 5.75 Å². The summed E-state index contributed by atoms with van der Waals surface area (Å²) in [6.45, 7) is 0.480. The Bertz CT molecular complexity index is 644. The smallest absolute Gasteiger partial charge is 0.318 e. The van der Waals surface area contributed by atoms with Gasteiger partial charge in [0.05, 0.1) is 20.3 Å². The van der Waals surface area contributed by atoms with E-state index < -0.39 is 11.4 Å². The molecule has 0 bridgehead atoms. The molecule has 2 aromatic carbocycles. The van der Waals surface area contributed by atoms with Crippen LogP contribution >= 0.6 is 0 Å². The van der Waals surface area contributed by atoms with Crippen molar-refractivity contribution in [2.75, 3.05) is 20.3 Å². The Balaban J connectivity index is 2.09. The van der Waals surface area contributed by atoms with Gasteiger partial charge in [-0.1, -0.05) is 18.2 Å². The number of carboxylic acids is 1. The third kappa shape index (κ3) is 1.76. The fraction of sp³-hybridized carbons (Fsp3) is 0.267. The highest BCUT2D eigenvalue weighted by Gasteiger charge is 2.47. The van der Waals surface area contributed by atoms with Gasteiger partial charge >= 0.3 is 5.97 Å². The van der Waals surface area contributed by atoms with E-state index >= 15 is 0 Å². The van der Waals surface area contributed by atoms with Crippen molar-refractivity contribution in [3.63, 3.8) is 0 Å². The zero-order chi connectivity index (χ0) is 13.5. The number of methoxy groups -OCH3 is 1. The summed E-state index contributed by atoms with van der Waals surface area (Å²) in [6, 6.07) is 11.5. The second kappa shape index (κ2) is 4.24. The molecule has 3 rings (SSSR count). The van der Waals surface area contributed by atoms with Gasteiger partial charge in [-0.05, 0) is 34.5 Å². The highest BCUT2D eigenvalue weighted by atomic mass is 16.5. The van der Waals surface area contributed by atoms with E-state index in [1.54, 1.807) is 7.11 Å². The Morgan fingerprint density at radius 3 is 2.47 bits per heavy atom. The van der Waals surface area contributed by atoms with Gasteiger partial charge in [-0.3, -0.25) is 4.79 Å². The maximum Gasteiger partial charge on any atom is 0.318 e. The van der Waals surface area contributed by atoms with Gasteiger partial charge in [0, 0.05) is 0 Å². The fourth-order valence-corrected chi connectivity index (χ4v) is 2.37. The molecule has 0 saturated carbocycles. The number of hydrogen-bond acceptors (Lipinski definition) is 3. The summed E-state index contributed by atoms with van der Waals surface area (Å²) in [5.74, 6) is -0.0354. The van der Waals surface area contributed by atoms with Gasteiger partial charge in [0.15, 0.2) is 0 Å². The first-order chi connectivity index (χ1) is 9.15. The van der Waals surface area contributed by atoms with E-state index in [0.717, 1.165) is 22.1 Å². The van der Waals surface area contributed by atoms with Crippen LogP contribution in [0.3, 0.4) is 0 Å². The molecule has 0 aliphatic carbocycles. The SMILES string of the molecule is COc1ccc2cc(C3(C(=O)O)COC3)ccc2c1. The summed E-state index contributed by atoms with van der Waals surface area (Å²) in [7, 11) is 1.63. The Labute approximate surface area is 110 Å². The van der Waals surface area contributed by atoms with Gasteiger partial charge < -0.3 is 14.6 Å². The van der Waals surface area contributed by atoms with Crippen molar-refractivity contribution >= 4 is 16.7 Å². The van der Waals surface area contributed by atoms with Crippen molar-refractivity contribution in [1.29, 1.82) is 0 Å². The van der Waals surface area contributed by atoms with E-state index in [4.69, 9.17) is 9.47 Å². The van der Waals surface area contributed by atoms with Gasteiger partial charge in [0.1, 0.15) is 11.2 Å². The van der Waals surface area contributed by atoms with Crippen LogP contribution in [0.25, 0.3) is 10.8 Å². The van der Waals surface area contributed by atoms with Crippen molar-refractivity contribution in [2.24, 2.45) is 0 Å². The summed E-state index contributed by atoms with van der Waals surface area (Å²) in [4.78, 5) is 11.4. The third-order valence-electron chi connectivity index (χ3n) is 3.71. The van der Waals surface area contributed by atoms with Crippen LogP contribution in [0, 0.1) is 0 Å². The van der Waals surface area contributed by atoms with Crippen molar-refractivity contribution < 1.29 is 19.4 Å². The van der Waals surface area contributed by atoms with Gasteiger partial charge in [-0.15, -0.1) is 0 Å². The first kappa shape index (κ1) is 12.0. The molecule has 2 aromatic rings. The van der Waals surface area contributed by atoms with Crippen LogP contribution in [0.4, 0.5) is 0 Å². The maximum atomic E-state index is 11.4. The van der Waals surface area contributed by atoms with E-state index in [1.807, 2.05) is 36.4 Å². The quantitative estimate of drug-likeness (QED) is 0.917. The minimum Gasteiger partial charge on any atom is -0.497 e. The topological polar surface area (TPSA) is 55.8 Å². The molecule has 1 heterocycles. The molecule has 4 heteroatoms. The number of rotatable bonds is 3. The summed E-state index contributed by atoms with van der Waals surface area (Å²) < 4.78 is 10.3. The number of ether oxygens (including phenoxy) is 2. The van der Waals surface area contributed by atoms with Crippen LogP contribution in [0.2, 0.25) is 0 Å². The predicted octanol–water partition coefficient (Wildman–Crippen LogP) is 2.20. The van der Waals surface area contributed by atoms with Crippen molar-refractivity contribution in [3.05, 3.63) is 42.0 Å². The molecular weight excluding hydrogens is 244 g/mol. The second-order valence-corrected chi connectivity index (χ2v) is 4.81. The molecule has 0 unspecified atom stereocenters. The van der Waals surface area contributed by atoms with E-state index in [0.29, 0.717) is 0 Å². The molecular formula is C15H14O4. The lowest BCUT2D eigenvalue weighted by Gasteiger charge is -2.37. The third-order valence-corrected chi connectivity index (χ3v) is 3.71. The first-order valence-electron chi connectivity index (χ1n) is 6.05. The van der Waals surface area contributed by atoms with Crippen molar-refractivity contribution in [2.45, 2.75) is 5.41 Å². The highest BCUT2D eigenvalue weighted by Crippen LogP contribution is 2.35. The summed E-state index contributed by atoms with van der Waals surface area (Å²) >= 11 is 0. The average Bonchev–Trinajstić information content (AvgIpc) is 2.36. The zero-order valence-corrected chi connectivity index (χ0v) is 10.6. The number of carbonyl (C=O) groups is 1. The number of aliphatic carboxylic acids is 1. The Hall–Kier alpha value is -2.07. The Kier molecular flexibility index (Phi) is 2.68. The van der Waals surface area contributed by atoms with E-state index in [9.17, 15) is 9.90 Å². The minimum atomic E-state index is -0.881. The monoisotopic (exact) mass is 258 g/mol. The molecule has 98 valence electrons. The standard InChI is InChI=1S/C15H14O4/c1-18-13-5-3-10-6-12(4-2-11(10)7-13)15(14(16)17)8-19-9-15/h2-7H,8-9H2,1H3,(H,16,17). The highest BCUT2D eigenvalue weighted by molar-refractivity contribution is 5.88. The van der Waals surface area contributed by atoms with E-state index in [1.165, 1.54) is 0 Å². The molecule has 0 amide bonds. The molecule has 19 heavy (non-hydrogen) atoms. The normalized spacial score (nSPS) is 16.9. The lowest BCUT2D eigenvalue weighted by atomic mass is 9.78. The predicted molar refractivity (Wildman–Crippen MR) is 70.6 cm³/mol. The van der Waals surface area contributed by atoms with Gasteiger partial charge in [0.2, 0.25) is 0 Å². The molecule has 1 N–H and O–H groups in total. The molecule has 0 spiro atoms. The van der Waals surface area contributed by atoms with E-state index in [2.05, 4.69) is 0 Å². The lowest BCUT2D eigenvalue weighted by Crippen LogP contribution is -2.53. The molecule has 1 saturated heterocycles.